The number of fused-ring (bicyclic) bond motifs is 1. The van der Waals surface area contributed by atoms with Gasteiger partial charge in [-0.1, -0.05) is 0 Å². The number of carbonyl (C=O) groups excluding carboxylic acids is 1. The van der Waals surface area contributed by atoms with E-state index < -0.39 is 6.09 Å². The minimum absolute atomic E-state index is 0.195. The van der Waals surface area contributed by atoms with Gasteiger partial charge >= 0.3 is 6.09 Å². The number of methoxy groups -OCH3 is 1. The number of carbonyl (C=O) groups is 2. The van der Waals surface area contributed by atoms with E-state index in [0.29, 0.717) is 28.0 Å². The molecule has 150 valence electrons. The Bertz CT molecular complexity index is 1120. The molecular weight excluding hydrogens is 376 g/mol. The summed E-state index contributed by atoms with van der Waals surface area (Å²) < 4.78 is 6.67. The van der Waals surface area contributed by atoms with Crippen LogP contribution in [0.4, 0.5) is 10.5 Å². The molecule has 0 aliphatic rings. The molecule has 0 aliphatic heterocycles. The second-order valence-electron chi connectivity index (χ2n) is 6.26. The Morgan fingerprint density at radius 2 is 1.90 bits per heavy atom. The molecule has 3 rings (SSSR count). The maximum Gasteiger partial charge on any atom is 0.409 e. The summed E-state index contributed by atoms with van der Waals surface area (Å²) in [5, 5.41) is 13.9. The Morgan fingerprint density at radius 3 is 2.52 bits per heavy atom. The number of benzene rings is 2. The van der Waals surface area contributed by atoms with Crippen LogP contribution >= 0.6 is 0 Å². The number of nitrogens with one attached hydrogen (secondary N) is 2. The van der Waals surface area contributed by atoms with Gasteiger partial charge in [0.25, 0.3) is 5.56 Å². The van der Waals surface area contributed by atoms with Crippen molar-refractivity contribution in [3.05, 3.63) is 52.8 Å². The standard InChI is InChI=1S/C20H20N4O5/c1-12(25)21-9-10-24-17-8-5-14(22-20(27)28)11-16(17)23-18(19(24)26)13-3-6-15(29-2)7-4-13/h3-8,11,22H,9-10H2,1-2H3,(H,21,25)(H,27,28). The minimum atomic E-state index is -1.20. The summed E-state index contributed by atoms with van der Waals surface area (Å²) in [7, 11) is 1.55. The van der Waals surface area contributed by atoms with Gasteiger partial charge in [-0.05, 0) is 42.5 Å². The zero-order chi connectivity index (χ0) is 21.0. The van der Waals surface area contributed by atoms with E-state index in [0.717, 1.165) is 0 Å². The van der Waals surface area contributed by atoms with E-state index in [1.54, 1.807) is 49.6 Å². The third kappa shape index (κ3) is 4.52. The van der Waals surface area contributed by atoms with Crippen molar-refractivity contribution in [1.82, 2.24) is 14.9 Å². The SMILES string of the molecule is COc1ccc(-c2nc3cc(NC(=O)O)ccc3n(CCNC(C)=O)c2=O)cc1. The van der Waals surface area contributed by atoms with Crippen molar-refractivity contribution in [2.75, 3.05) is 19.0 Å². The first-order valence-corrected chi connectivity index (χ1v) is 8.82. The molecule has 1 heterocycles. The molecule has 3 N–H and O–H groups in total. The van der Waals surface area contributed by atoms with E-state index in [1.165, 1.54) is 11.5 Å². The van der Waals surface area contributed by atoms with Gasteiger partial charge in [-0.25, -0.2) is 9.78 Å². The minimum Gasteiger partial charge on any atom is -0.497 e. The van der Waals surface area contributed by atoms with E-state index in [4.69, 9.17) is 9.84 Å². The van der Waals surface area contributed by atoms with Crippen molar-refractivity contribution < 1.29 is 19.4 Å². The summed E-state index contributed by atoms with van der Waals surface area (Å²) in [4.78, 5) is 39.7. The van der Waals surface area contributed by atoms with Gasteiger partial charge in [0.05, 0.1) is 18.1 Å². The first kappa shape index (κ1) is 19.9. The van der Waals surface area contributed by atoms with Crippen LogP contribution in [0.25, 0.3) is 22.3 Å². The molecule has 0 unspecified atom stereocenters. The Morgan fingerprint density at radius 1 is 1.17 bits per heavy atom. The maximum atomic E-state index is 13.1. The van der Waals surface area contributed by atoms with Crippen LogP contribution in [0.2, 0.25) is 0 Å². The molecule has 1 aromatic heterocycles. The number of ether oxygens (including phenoxy) is 1. The largest absolute Gasteiger partial charge is 0.497 e. The lowest BCUT2D eigenvalue weighted by Crippen LogP contribution is -2.31. The van der Waals surface area contributed by atoms with Gasteiger partial charge in [0.2, 0.25) is 5.91 Å². The van der Waals surface area contributed by atoms with Gasteiger partial charge in [0, 0.05) is 31.3 Å². The highest BCUT2D eigenvalue weighted by atomic mass is 16.5. The number of hydrogen-bond donors (Lipinski definition) is 3. The van der Waals surface area contributed by atoms with Crippen LogP contribution in [0.1, 0.15) is 6.92 Å². The fourth-order valence-corrected chi connectivity index (χ4v) is 2.95. The smallest absolute Gasteiger partial charge is 0.409 e. The fourth-order valence-electron chi connectivity index (χ4n) is 2.95. The van der Waals surface area contributed by atoms with Crippen molar-refractivity contribution in [3.63, 3.8) is 0 Å². The summed E-state index contributed by atoms with van der Waals surface area (Å²) >= 11 is 0. The molecule has 0 saturated carbocycles. The Hall–Kier alpha value is -3.88. The second kappa shape index (κ2) is 8.42. The van der Waals surface area contributed by atoms with Crippen molar-refractivity contribution in [1.29, 1.82) is 0 Å². The molecule has 3 aromatic rings. The highest BCUT2D eigenvalue weighted by Gasteiger charge is 2.14. The van der Waals surface area contributed by atoms with E-state index in [9.17, 15) is 14.4 Å². The third-order valence-corrected chi connectivity index (χ3v) is 4.27. The molecule has 0 aliphatic carbocycles. The average Bonchev–Trinajstić information content (AvgIpc) is 2.69. The number of aromatic nitrogens is 2. The predicted octanol–water partition coefficient (Wildman–Crippen LogP) is 2.30. The van der Waals surface area contributed by atoms with Gasteiger partial charge in [-0.15, -0.1) is 0 Å². The summed E-state index contributed by atoms with van der Waals surface area (Å²) in [6.07, 6.45) is -1.20. The van der Waals surface area contributed by atoms with E-state index in [2.05, 4.69) is 15.6 Å². The van der Waals surface area contributed by atoms with Crippen molar-refractivity contribution >= 4 is 28.7 Å². The van der Waals surface area contributed by atoms with Gasteiger partial charge in [-0.3, -0.25) is 14.9 Å². The molecule has 0 bridgehead atoms. The molecule has 9 heteroatoms. The first-order valence-electron chi connectivity index (χ1n) is 8.82. The normalized spacial score (nSPS) is 10.6. The molecule has 2 aromatic carbocycles. The zero-order valence-electron chi connectivity index (χ0n) is 15.9. The van der Waals surface area contributed by atoms with E-state index >= 15 is 0 Å². The Labute approximate surface area is 166 Å². The quantitative estimate of drug-likeness (QED) is 0.588. The van der Waals surface area contributed by atoms with Crippen molar-refractivity contribution in [3.8, 4) is 17.0 Å². The molecule has 9 nitrogen and oxygen atoms in total. The van der Waals surface area contributed by atoms with Crippen molar-refractivity contribution in [2.45, 2.75) is 13.5 Å². The monoisotopic (exact) mass is 396 g/mol. The maximum absolute atomic E-state index is 13.1. The number of hydrogen-bond acceptors (Lipinski definition) is 5. The summed E-state index contributed by atoms with van der Waals surface area (Å²) in [5.41, 5.74) is 1.83. The summed E-state index contributed by atoms with van der Waals surface area (Å²) in [5.74, 6) is 0.452. The fraction of sp³-hybridized carbons (Fsp3) is 0.200. The molecule has 0 radical (unpaired) electrons. The second-order valence-corrected chi connectivity index (χ2v) is 6.26. The Kier molecular flexibility index (Phi) is 5.77. The van der Waals surface area contributed by atoms with Gasteiger partial charge in [0.1, 0.15) is 11.4 Å². The number of rotatable bonds is 6. The predicted molar refractivity (Wildman–Crippen MR) is 108 cm³/mol. The first-order chi connectivity index (χ1) is 13.9. The van der Waals surface area contributed by atoms with Crippen LogP contribution in [-0.2, 0) is 11.3 Å². The molecule has 0 saturated heterocycles. The molecule has 0 fully saturated rings. The van der Waals surface area contributed by atoms with E-state index in [1.807, 2.05) is 0 Å². The lowest BCUT2D eigenvalue weighted by molar-refractivity contribution is -0.118. The van der Waals surface area contributed by atoms with E-state index in [-0.39, 0.29) is 30.2 Å². The molecule has 2 amide bonds. The number of carboxylic acid groups (broad SMARTS) is 1. The highest BCUT2D eigenvalue weighted by molar-refractivity contribution is 5.88. The van der Waals surface area contributed by atoms with Crippen LogP contribution in [-0.4, -0.2) is 40.3 Å². The number of nitrogens with zero attached hydrogens (tertiary/aromatic N) is 2. The zero-order valence-corrected chi connectivity index (χ0v) is 15.9. The van der Waals surface area contributed by atoms with Crippen LogP contribution in [0.15, 0.2) is 47.3 Å². The Balaban J connectivity index is 2.15. The van der Waals surface area contributed by atoms with Crippen LogP contribution in [0.5, 0.6) is 5.75 Å². The lowest BCUT2D eigenvalue weighted by atomic mass is 10.1. The molecule has 29 heavy (non-hydrogen) atoms. The van der Waals surface area contributed by atoms with Gasteiger partial charge in [0.15, 0.2) is 0 Å². The van der Waals surface area contributed by atoms with Crippen molar-refractivity contribution in [2.24, 2.45) is 0 Å². The summed E-state index contributed by atoms with van der Waals surface area (Å²) in [6, 6.07) is 11.7. The molecular formula is C20H20N4O5. The number of anilines is 1. The summed E-state index contributed by atoms with van der Waals surface area (Å²) in [6.45, 7) is 1.91. The van der Waals surface area contributed by atoms with Gasteiger partial charge < -0.3 is 19.7 Å². The topological polar surface area (TPSA) is 123 Å². The average molecular weight is 396 g/mol. The van der Waals surface area contributed by atoms with Gasteiger partial charge in [-0.2, -0.15) is 0 Å². The van der Waals surface area contributed by atoms with Crippen LogP contribution in [0, 0.1) is 0 Å². The molecule has 0 spiro atoms. The van der Waals surface area contributed by atoms with Crippen LogP contribution < -0.4 is 20.9 Å². The lowest BCUT2D eigenvalue weighted by Gasteiger charge is -2.14. The highest BCUT2D eigenvalue weighted by Crippen LogP contribution is 2.22. The number of amides is 2. The third-order valence-electron chi connectivity index (χ3n) is 4.27. The molecule has 0 atom stereocenters. The van der Waals surface area contributed by atoms with Crippen LogP contribution in [0.3, 0.4) is 0 Å².